The fraction of sp³-hybridized carbons (Fsp3) is 0.353. The quantitative estimate of drug-likeness (QED) is 0.764. The molecular weight excluding hydrogens is 343 g/mol. The van der Waals surface area contributed by atoms with Crippen molar-refractivity contribution in [1.82, 2.24) is 10.3 Å². The molecule has 0 radical (unpaired) electrons. The highest BCUT2D eigenvalue weighted by Gasteiger charge is 2.29. The molecule has 6 nitrogen and oxygen atoms in total. The number of thiazole rings is 1. The summed E-state index contributed by atoms with van der Waals surface area (Å²) in [6, 6.07) is 4.42. The summed E-state index contributed by atoms with van der Waals surface area (Å²) in [5.74, 6) is -0.570. The number of carbonyl (C=O) groups excluding carboxylic acids is 2. The maximum Gasteiger partial charge on any atom is 0.229 e. The first-order chi connectivity index (χ1) is 11.9. The van der Waals surface area contributed by atoms with E-state index in [0.29, 0.717) is 28.0 Å². The van der Waals surface area contributed by atoms with Gasteiger partial charge in [0.25, 0.3) is 0 Å². The average molecular weight is 362 g/mol. The summed E-state index contributed by atoms with van der Waals surface area (Å²) in [6.07, 6.45) is 0. The van der Waals surface area contributed by atoms with E-state index in [2.05, 4.69) is 20.9 Å². The summed E-state index contributed by atoms with van der Waals surface area (Å²) in [6.45, 7) is 4.96. The maximum atomic E-state index is 14.3. The Morgan fingerprint density at radius 1 is 1.36 bits per heavy atom. The van der Waals surface area contributed by atoms with Crippen LogP contribution in [0.25, 0.3) is 11.3 Å². The van der Waals surface area contributed by atoms with Crippen LogP contribution in [0.4, 0.5) is 15.2 Å². The Labute approximate surface area is 148 Å². The lowest BCUT2D eigenvalue weighted by molar-refractivity contribution is -0.121. The van der Waals surface area contributed by atoms with Gasteiger partial charge >= 0.3 is 0 Å². The number of benzene rings is 1. The number of carbonyl (C=O) groups is 2. The Kier molecular flexibility index (Phi) is 5.10. The molecule has 2 amide bonds. The van der Waals surface area contributed by atoms with Crippen LogP contribution in [0.1, 0.15) is 13.8 Å². The minimum absolute atomic E-state index is 0.0751. The summed E-state index contributed by atoms with van der Waals surface area (Å²) >= 11 is 1.26. The van der Waals surface area contributed by atoms with Gasteiger partial charge in [-0.25, -0.2) is 9.37 Å². The molecule has 2 heterocycles. The van der Waals surface area contributed by atoms with Crippen LogP contribution in [-0.4, -0.2) is 29.9 Å². The maximum absolute atomic E-state index is 14.3. The first-order valence-corrected chi connectivity index (χ1v) is 8.86. The number of nitrogens with zero attached hydrogens (tertiary/aromatic N) is 1. The van der Waals surface area contributed by atoms with Crippen molar-refractivity contribution in [3.63, 3.8) is 0 Å². The van der Waals surface area contributed by atoms with Gasteiger partial charge in [0.05, 0.1) is 5.69 Å². The van der Waals surface area contributed by atoms with E-state index >= 15 is 0 Å². The van der Waals surface area contributed by atoms with Gasteiger partial charge in [0.15, 0.2) is 5.13 Å². The van der Waals surface area contributed by atoms with E-state index in [1.165, 1.54) is 24.3 Å². The van der Waals surface area contributed by atoms with Crippen LogP contribution in [0.15, 0.2) is 23.6 Å². The largest absolute Gasteiger partial charge is 0.326 e. The van der Waals surface area contributed by atoms with Gasteiger partial charge < -0.3 is 16.0 Å². The van der Waals surface area contributed by atoms with E-state index in [1.807, 2.05) is 6.92 Å². The lowest BCUT2D eigenvalue weighted by Crippen LogP contribution is -2.48. The van der Waals surface area contributed by atoms with Gasteiger partial charge in [-0.2, -0.15) is 0 Å². The minimum atomic E-state index is -0.483. The number of aromatic nitrogens is 1. The Morgan fingerprint density at radius 3 is 2.72 bits per heavy atom. The second kappa shape index (κ2) is 7.28. The van der Waals surface area contributed by atoms with Crippen LogP contribution < -0.4 is 16.0 Å². The Balaban J connectivity index is 1.70. The fourth-order valence-electron chi connectivity index (χ4n) is 2.56. The number of rotatable bonds is 5. The Bertz CT molecular complexity index is 804. The van der Waals surface area contributed by atoms with E-state index < -0.39 is 5.82 Å². The second-order valence-electron chi connectivity index (χ2n) is 6.11. The van der Waals surface area contributed by atoms with Crippen molar-refractivity contribution >= 4 is 34.0 Å². The molecule has 1 aliphatic rings. The van der Waals surface area contributed by atoms with Crippen LogP contribution in [0.5, 0.6) is 0 Å². The number of nitrogens with one attached hydrogen (secondary N) is 3. The topological polar surface area (TPSA) is 83.1 Å². The second-order valence-corrected chi connectivity index (χ2v) is 6.97. The van der Waals surface area contributed by atoms with Crippen molar-refractivity contribution in [2.24, 2.45) is 11.8 Å². The van der Waals surface area contributed by atoms with E-state index in [4.69, 9.17) is 0 Å². The number of anilines is 2. The molecule has 1 aliphatic heterocycles. The zero-order chi connectivity index (χ0) is 18.0. The van der Waals surface area contributed by atoms with Crippen LogP contribution in [-0.2, 0) is 9.59 Å². The highest BCUT2D eigenvalue weighted by molar-refractivity contribution is 7.14. The van der Waals surface area contributed by atoms with Gasteiger partial charge in [0, 0.05) is 29.5 Å². The molecule has 3 N–H and O–H groups in total. The third kappa shape index (κ3) is 4.02. The Morgan fingerprint density at radius 2 is 2.12 bits per heavy atom. The molecule has 1 aromatic carbocycles. The third-order valence-corrected chi connectivity index (χ3v) is 4.99. The molecule has 0 bridgehead atoms. The standard InChI is InChI=1S/C17H19FN4O2S/c1-9(11-6-19-7-11)16(24)22-17-21-15(8-25-17)13-4-3-12(5-14(13)18)20-10(2)23/h3-5,8-9,11,19H,6-7H2,1-2H3,(H,20,23)(H,21,22,24). The highest BCUT2D eigenvalue weighted by atomic mass is 32.1. The monoisotopic (exact) mass is 362 g/mol. The Hall–Kier alpha value is -2.32. The van der Waals surface area contributed by atoms with Crippen molar-refractivity contribution in [2.75, 3.05) is 23.7 Å². The predicted molar refractivity (Wildman–Crippen MR) is 96.0 cm³/mol. The van der Waals surface area contributed by atoms with E-state index in [0.717, 1.165) is 13.1 Å². The molecule has 1 aromatic heterocycles. The molecule has 3 rings (SSSR count). The number of hydrogen-bond acceptors (Lipinski definition) is 5. The number of hydrogen-bond donors (Lipinski definition) is 3. The SMILES string of the molecule is CC(=O)Nc1ccc(-c2csc(NC(=O)C(C)C3CNC3)n2)c(F)c1. The van der Waals surface area contributed by atoms with Gasteiger partial charge in [-0.3, -0.25) is 9.59 Å². The molecule has 2 aromatic rings. The molecule has 8 heteroatoms. The van der Waals surface area contributed by atoms with Gasteiger partial charge in [0.2, 0.25) is 11.8 Å². The zero-order valence-corrected chi connectivity index (χ0v) is 14.7. The van der Waals surface area contributed by atoms with E-state index in [-0.39, 0.29) is 17.7 Å². The van der Waals surface area contributed by atoms with Crippen molar-refractivity contribution in [3.8, 4) is 11.3 Å². The van der Waals surface area contributed by atoms with Crippen molar-refractivity contribution in [3.05, 3.63) is 29.4 Å². The number of amides is 2. The molecule has 132 valence electrons. The molecular formula is C17H19FN4O2S. The van der Waals surface area contributed by atoms with Crippen molar-refractivity contribution in [2.45, 2.75) is 13.8 Å². The summed E-state index contributed by atoms with van der Waals surface area (Å²) in [7, 11) is 0. The average Bonchev–Trinajstić information content (AvgIpc) is 2.93. The highest BCUT2D eigenvalue weighted by Crippen LogP contribution is 2.29. The molecule has 0 spiro atoms. The van der Waals surface area contributed by atoms with Crippen LogP contribution >= 0.6 is 11.3 Å². The van der Waals surface area contributed by atoms with Crippen LogP contribution in [0, 0.1) is 17.7 Å². The molecule has 1 atom stereocenters. The van der Waals surface area contributed by atoms with Crippen LogP contribution in [0.2, 0.25) is 0 Å². The fourth-order valence-corrected chi connectivity index (χ4v) is 3.27. The summed E-state index contributed by atoms with van der Waals surface area (Å²) in [5.41, 5.74) is 1.16. The van der Waals surface area contributed by atoms with Gasteiger partial charge in [0.1, 0.15) is 5.82 Å². The summed E-state index contributed by atoms with van der Waals surface area (Å²) in [4.78, 5) is 27.5. The molecule has 0 saturated carbocycles. The van der Waals surface area contributed by atoms with E-state index in [1.54, 1.807) is 17.5 Å². The number of halogens is 1. The summed E-state index contributed by atoms with van der Waals surface area (Å²) < 4.78 is 14.3. The smallest absolute Gasteiger partial charge is 0.229 e. The van der Waals surface area contributed by atoms with Crippen molar-refractivity contribution in [1.29, 1.82) is 0 Å². The first kappa shape index (κ1) is 17.5. The lowest BCUT2D eigenvalue weighted by Gasteiger charge is -2.31. The zero-order valence-electron chi connectivity index (χ0n) is 13.9. The molecule has 1 saturated heterocycles. The molecule has 1 fully saturated rings. The normalized spacial score (nSPS) is 15.3. The van der Waals surface area contributed by atoms with Crippen LogP contribution in [0.3, 0.4) is 0 Å². The van der Waals surface area contributed by atoms with Gasteiger partial charge in [-0.1, -0.05) is 6.92 Å². The summed E-state index contributed by atoms with van der Waals surface area (Å²) in [5, 5.41) is 10.6. The predicted octanol–water partition coefficient (Wildman–Crippen LogP) is 2.70. The van der Waals surface area contributed by atoms with Gasteiger partial charge in [-0.15, -0.1) is 11.3 Å². The lowest BCUT2D eigenvalue weighted by atomic mass is 9.88. The molecule has 25 heavy (non-hydrogen) atoms. The molecule has 1 unspecified atom stereocenters. The van der Waals surface area contributed by atoms with Crippen molar-refractivity contribution < 1.29 is 14.0 Å². The molecule has 0 aliphatic carbocycles. The van der Waals surface area contributed by atoms with E-state index in [9.17, 15) is 14.0 Å². The first-order valence-electron chi connectivity index (χ1n) is 7.98. The minimum Gasteiger partial charge on any atom is -0.326 e. The third-order valence-electron chi connectivity index (χ3n) is 4.23. The van der Waals surface area contributed by atoms with Gasteiger partial charge in [-0.05, 0) is 37.2 Å².